The Bertz CT molecular complexity index is 595. The van der Waals surface area contributed by atoms with E-state index in [1.54, 1.807) is 12.1 Å². The maximum absolute atomic E-state index is 13.5. The van der Waals surface area contributed by atoms with Crippen LogP contribution in [0.3, 0.4) is 0 Å². The van der Waals surface area contributed by atoms with Crippen LogP contribution >= 0.6 is 0 Å². The zero-order valence-corrected chi connectivity index (χ0v) is 11.3. The van der Waals surface area contributed by atoms with Gasteiger partial charge in [0.1, 0.15) is 5.69 Å². The molecule has 1 saturated carbocycles. The van der Waals surface area contributed by atoms with E-state index in [1.165, 1.54) is 32.4 Å². The summed E-state index contributed by atoms with van der Waals surface area (Å²) in [6.07, 6.45) is 5.56. The molecule has 1 aliphatic rings. The topological polar surface area (TPSA) is 52.0 Å². The first-order valence-electron chi connectivity index (χ1n) is 6.75. The lowest BCUT2D eigenvalue weighted by Gasteiger charge is -2.24. The van der Waals surface area contributed by atoms with E-state index in [4.69, 9.17) is 4.74 Å². The summed E-state index contributed by atoms with van der Waals surface area (Å²) in [5, 5.41) is 11.4. The summed E-state index contributed by atoms with van der Waals surface area (Å²) in [7, 11) is 1.45. The summed E-state index contributed by atoms with van der Waals surface area (Å²) >= 11 is 0. The molecular weight excluding hydrogens is 259 g/mol. The van der Waals surface area contributed by atoms with Crippen molar-refractivity contribution in [2.75, 3.05) is 12.4 Å². The number of hydrogen-bond donors (Lipinski definition) is 1. The van der Waals surface area contributed by atoms with Crippen molar-refractivity contribution in [2.45, 2.75) is 31.8 Å². The van der Waals surface area contributed by atoms with Crippen LogP contribution < -0.4 is 10.1 Å². The lowest BCUT2D eigenvalue weighted by atomic mass is 9.93. The third-order valence-corrected chi connectivity index (χ3v) is 3.64. The van der Waals surface area contributed by atoms with Crippen molar-refractivity contribution in [2.24, 2.45) is 0 Å². The van der Waals surface area contributed by atoms with E-state index in [0.717, 1.165) is 5.69 Å². The van der Waals surface area contributed by atoms with Crippen LogP contribution in [0.2, 0.25) is 0 Å². The molecular formula is C14H17FN4O. The first-order chi connectivity index (χ1) is 9.78. The van der Waals surface area contributed by atoms with Crippen molar-refractivity contribution >= 4 is 5.69 Å². The highest BCUT2D eigenvalue weighted by Crippen LogP contribution is 2.31. The van der Waals surface area contributed by atoms with Crippen LogP contribution in [0.1, 0.15) is 31.0 Å². The third kappa shape index (κ3) is 2.45. The van der Waals surface area contributed by atoms with Crippen LogP contribution in [0.25, 0.3) is 0 Å². The highest BCUT2D eigenvalue weighted by atomic mass is 19.1. The minimum absolute atomic E-state index is 0.221. The van der Waals surface area contributed by atoms with Gasteiger partial charge >= 0.3 is 0 Å². The van der Waals surface area contributed by atoms with Crippen LogP contribution in [-0.2, 0) is 6.54 Å². The summed E-state index contributed by atoms with van der Waals surface area (Å²) in [6.45, 7) is 0.493. The summed E-state index contributed by atoms with van der Waals surface area (Å²) in [6, 6.07) is 5.29. The first kappa shape index (κ1) is 12.9. The van der Waals surface area contributed by atoms with Crippen molar-refractivity contribution in [3.63, 3.8) is 0 Å². The highest BCUT2D eigenvalue weighted by Gasteiger charge is 2.20. The van der Waals surface area contributed by atoms with Crippen LogP contribution in [-0.4, -0.2) is 22.1 Å². The molecule has 1 aromatic heterocycles. The molecule has 1 aliphatic carbocycles. The van der Waals surface area contributed by atoms with Crippen molar-refractivity contribution in [1.29, 1.82) is 0 Å². The summed E-state index contributed by atoms with van der Waals surface area (Å²) in [4.78, 5) is 0. The molecule has 20 heavy (non-hydrogen) atoms. The van der Waals surface area contributed by atoms with Crippen molar-refractivity contribution < 1.29 is 9.13 Å². The van der Waals surface area contributed by atoms with Crippen LogP contribution in [0.15, 0.2) is 24.4 Å². The van der Waals surface area contributed by atoms with Crippen LogP contribution in [0.4, 0.5) is 10.1 Å². The summed E-state index contributed by atoms with van der Waals surface area (Å²) in [5.74, 6) is -0.158. The Labute approximate surface area is 116 Å². The van der Waals surface area contributed by atoms with E-state index in [1.807, 2.05) is 10.9 Å². The van der Waals surface area contributed by atoms with Gasteiger partial charge in [-0.05, 0) is 31.4 Å². The van der Waals surface area contributed by atoms with E-state index >= 15 is 0 Å². The molecule has 0 atom stereocenters. The maximum Gasteiger partial charge on any atom is 0.177 e. The van der Waals surface area contributed by atoms with Gasteiger partial charge in [-0.15, -0.1) is 5.10 Å². The normalized spacial score (nSPS) is 14.9. The fraction of sp³-hybridized carbons (Fsp3) is 0.429. The molecule has 0 amide bonds. The molecule has 1 aromatic carbocycles. The average Bonchev–Trinajstić information content (AvgIpc) is 2.83. The van der Waals surface area contributed by atoms with E-state index < -0.39 is 0 Å². The Morgan fingerprint density at radius 1 is 1.45 bits per heavy atom. The molecule has 1 heterocycles. The van der Waals surface area contributed by atoms with Gasteiger partial charge in [-0.2, -0.15) is 0 Å². The molecule has 0 spiro atoms. The van der Waals surface area contributed by atoms with E-state index in [-0.39, 0.29) is 11.6 Å². The molecule has 0 saturated heterocycles. The van der Waals surface area contributed by atoms with Crippen LogP contribution in [0.5, 0.6) is 5.75 Å². The van der Waals surface area contributed by atoms with Gasteiger partial charge in [0.25, 0.3) is 0 Å². The number of para-hydroxylation sites is 1. The molecule has 106 valence electrons. The Morgan fingerprint density at radius 3 is 3.00 bits per heavy atom. The summed E-state index contributed by atoms with van der Waals surface area (Å²) < 4.78 is 20.5. The second-order valence-electron chi connectivity index (χ2n) is 4.95. The number of anilines is 1. The minimum Gasteiger partial charge on any atom is -0.492 e. The molecule has 0 aliphatic heterocycles. The molecule has 0 unspecified atom stereocenters. The van der Waals surface area contributed by atoms with Gasteiger partial charge in [0.2, 0.25) is 0 Å². The third-order valence-electron chi connectivity index (χ3n) is 3.64. The molecule has 2 aromatic rings. The lowest BCUT2D eigenvalue weighted by Crippen LogP contribution is -2.17. The van der Waals surface area contributed by atoms with Gasteiger partial charge in [0.05, 0.1) is 31.6 Å². The van der Waals surface area contributed by atoms with E-state index in [2.05, 4.69) is 15.6 Å². The van der Waals surface area contributed by atoms with Gasteiger partial charge in [0.15, 0.2) is 11.6 Å². The Balaban J connectivity index is 1.67. The SMILES string of the molecule is COc1c(F)cccc1NCc1cn(C2CCC2)nn1. The quantitative estimate of drug-likeness (QED) is 0.912. The fourth-order valence-electron chi connectivity index (χ4n) is 2.27. The molecule has 1 N–H and O–H groups in total. The average molecular weight is 276 g/mol. The smallest absolute Gasteiger partial charge is 0.177 e. The van der Waals surface area contributed by atoms with Gasteiger partial charge in [-0.3, -0.25) is 0 Å². The lowest BCUT2D eigenvalue weighted by molar-refractivity contribution is 0.284. The molecule has 0 radical (unpaired) electrons. The summed E-state index contributed by atoms with van der Waals surface area (Å²) in [5.41, 5.74) is 1.45. The second-order valence-corrected chi connectivity index (χ2v) is 4.95. The van der Waals surface area contributed by atoms with E-state index in [0.29, 0.717) is 18.3 Å². The van der Waals surface area contributed by atoms with Crippen molar-refractivity contribution in [3.05, 3.63) is 35.9 Å². The van der Waals surface area contributed by atoms with Gasteiger partial charge < -0.3 is 10.1 Å². The zero-order chi connectivity index (χ0) is 13.9. The monoisotopic (exact) mass is 276 g/mol. The predicted octanol–water partition coefficient (Wildman–Crippen LogP) is 2.76. The highest BCUT2D eigenvalue weighted by molar-refractivity contribution is 5.56. The van der Waals surface area contributed by atoms with E-state index in [9.17, 15) is 4.39 Å². The number of ether oxygens (including phenoxy) is 1. The minimum atomic E-state index is -0.379. The number of aromatic nitrogens is 3. The number of halogens is 1. The number of hydrogen-bond acceptors (Lipinski definition) is 4. The fourth-order valence-corrected chi connectivity index (χ4v) is 2.27. The van der Waals surface area contributed by atoms with Crippen LogP contribution in [0, 0.1) is 5.82 Å². The van der Waals surface area contributed by atoms with Crippen molar-refractivity contribution in [3.8, 4) is 5.75 Å². The zero-order valence-electron chi connectivity index (χ0n) is 11.3. The molecule has 0 bridgehead atoms. The van der Waals surface area contributed by atoms with Gasteiger partial charge in [-0.1, -0.05) is 11.3 Å². The number of nitrogens with one attached hydrogen (secondary N) is 1. The van der Waals surface area contributed by atoms with Gasteiger partial charge in [0, 0.05) is 0 Å². The first-order valence-corrected chi connectivity index (χ1v) is 6.75. The molecule has 5 nitrogen and oxygen atoms in total. The number of nitrogens with zero attached hydrogens (tertiary/aromatic N) is 3. The standard InChI is InChI=1S/C14H17FN4O/c1-20-14-12(15)6-3-7-13(14)16-8-10-9-19(18-17-10)11-4-2-5-11/h3,6-7,9,11,16H,2,4-5,8H2,1H3. The number of benzene rings is 1. The largest absolute Gasteiger partial charge is 0.492 e. The maximum atomic E-state index is 13.5. The molecule has 6 heteroatoms. The molecule has 3 rings (SSSR count). The Kier molecular flexibility index (Phi) is 3.54. The second kappa shape index (κ2) is 5.48. The number of methoxy groups -OCH3 is 1. The van der Waals surface area contributed by atoms with Crippen molar-refractivity contribution in [1.82, 2.24) is 15.0 Å². The number of rotatable bonds is 5. The molecule has 1 fully saturated rings. The van der Waals surface area contributed by atoms with Gasteiger partial charge in [-0.25, -0.2) is 9.07 Å². The Morgan fingerprint density at radius 2 is 2.30 bits per heavy atom. The Hall–Kier alpha value is -2.11. The predicted molar refractivity (Wildman–Crippen MR) is 73.2 cm³/mol.